The van der Waals surface area contributed by atoms with Crippen LogP contribution in [0.1, 0.15) is 45.2 Å². The number of para-hydroxylation sites is 1. The largest absolute Gasteiger partial charge is 0.450 e. The van der Waals surface area contributed by atoms with E-state index in [0.717, 1.165) is 64.1 Å². The van der Waals surface area contributed by atoms with Gasteiger partial charge in [-0.2, -0.15) is 0 Å². The first-order valence-corrected chi connectivity index (χ1v) is 12.9. The van der Waals surface area contributed by atoms with E-state index in [4.69, 9.17) is 4.74 Å². The second kappa shape index (κ2) is 10.3. The zero-order chi connectivity index (χ0) is 24.3. The van der Waals surface area contributed by atoms with Gasteiger partial charge in [0.05, 0.1) is 6.61 Å². The summed E-state index contributed by atoms with van der Waals surface area (Å²) in [5.74, 6) is 0. The van der Waals surface area contributed by atoms with Crippen LogP contribution in [-0.2, 0) is 16.7 Å². The molecule has 0 bridgehead atoms. The molecule has 1 N–H and O–H groups in total. The van der Waals surface area contributed by atoms with E-state index in [1.165, 1.54) is 11.1 Å². The summed E-state index contributed by atoms with van der Waals surface area (Å²) in [5, 5.41) is 3.08. The van der Waals surface area contributed by atoms with Crippen molar-refractivity contribution in [3.63, 3.8) is 0 Å². The Hall–Kier alpha value is -3.06. The smallest absolute Gasteiger partial charge is 0.409 e. The van der Waals surface area contributed by atoms with Crippen LogP contribution in [-0.4, -0.2) is 72.2 Å². The van der Waals surface area contributed by atoms with Gasteiger partial charge in [0.25, 0.3) is 0 Å². The molecule has 3 aliphatic heterocycles. The molecule has 0 atom stereocenters. The highest BCUT2D eigenvalue weighted by Gasteiger charge is 2.44. The SMILES string of the molecule is CCOC(=O)N1CCC(N2CCC3(CC2)CN(C(=O)Nc2ccccc2)Cc2ccccc23)CC1.[HH]. The highest BCUT2D eigenvalue weighted by Crippen LogP contribution is 2.42. The second-order valence-corrected chi connectivity index (χ2v) is 10.0. The fourth-order valence-electron chi connectivity index (χ4n) is 6.13. The molecule has 0 radical (unpaired) electrons. The number of hydrogen-bond donors (Lipinski definition) is 1. The molecule has 0 aliphatic carbocycles. The van der Waals surface area contributed by atoms with Crippen LogP contribution in [0.4, 0.5) is 15.3 Å². The summed E-state index contributed by atoms with van der Waals surface area (Å²) in [4.78, 5) is 31.7. The highest BCUT2D eigenvalue weighted by molar-refractivity contribution is 5.89. The zero-order valence-electron chi connectivity index (χ0n) is 20.6. The van der Waals surface area contributed by atoms with Crippen LogP contribution < -0.4 is 5.32 Å². The summed E-state index contributed by atoms with van der Waals surface area (Å²) >= 11 is 0. The van der Waals surface area contributed by atoms with Gasteiger partial charge in [0, 0.05) is 44.7 Å². The van der Waals surface area contributed by atoms with Crippen LogP contribution in [0, 0.1) is 0 Å². The van der Waals surface area contributed by atoms with Gasteiger partial charge in [-0.15, -0.1) is 0 Å². The van der Waals surface area contributed by atoms with Gasteiger partial charge in [-0.05, 0) is 69.0 Å². The topological polar surface area (TPSA) is 65.1 Å². The fourth-order valence-corrected chi connectivity index (χ4v) is 6.13. The number of nitrogens with zero attached hydrogens (tertiary/aromatic N) is 3. The average molecular weight is 479 g/mol. The van der Waals surface area contributed by atoms with Crippen LogP contribution in [0.25, 0.3) is 0 Å². The Kier molecular flexibility index (Phi) is 6.95. The number of anilines is 1. The van der Waals surface area contributed by atoms with Crippen LogP contribution in [0.2, 0.25) is 0 Å². The third kappa shape index (κ3) is 5.01. The quantitative estimate of drug-likeness (QED) is 0.679. The Labute approximate surface area is 209 Å². The van der Waals surface area contributed by atoms with Crippen molar-refractivity contribution in [2.45, 2.75) is 50.6 Å². The van der Waals surface area contributed by atoms with Crippen LogP contribution in [0.5, 0.6) is 0 Å². The molecule has 5 rings (SSSR count). The van der Waals surface area contributed by atoms with Crippen molar-refractivity contribution in [1.29, 1.82) is 0 Å². The van der Waals surface area contributed by atoms with Crippen molar-refractivity contribution in [1.82, 2.24) is 14.7 Å². The Morgan fingerprint density at radius 3 is 2.37 bits per heavy atom. The number of ether oxygens (including phenoxy) is 1. The van der Waals surface area contributed by atoms with E-state index in [-0.39, 0.29) is 19.0 Å². The summed E-state index contributed by atoms with van der Waals surface area (Å²) in [6, 6.07) is 18.8. The highest BCUT2D eigenvalue weighted by atomic mass is 16.6. The van der Waals surface area contributed by atoms with Crippen LogP contribution in [0.15, 0.2) is 54.6 Å². The second-order valence-electron chi connectivity index (χ2n) is 10.0. The normalized spacial score (nSPS) is 20.4. The Bertz CT molecular complexity index is 1030. The number of piperidine rings is 2. The van der Waals surface area contributed by atoms with E-state index in [0.29, 0.717) is 19.2 Å². The van der Waals surface area contributed by atoms with Gasteiger partial charge in [0.1, 0.15) is 0 Å². The third-order valence-corrected chi connectivity index (χ3v) is 8.02. The summed E-state index contributed by atoms with van der Waals surface area (Å²) in [5.41, 5.74) is 3.50. The monoisotopic (exact) mass is 478 g/mol. The molecular formula is C28H38N4O3. The third-order valence-electron chi connectivity index (χ3n) is 8.02. The van der Waals surface area contributed by atoms with Crippen molar-refractivity contribution in [2.24, 2.45) is 0 Å². The lowest BCUT2D eigenvalue weighted by atomic mass is 9.68. The minimum atomic E-state index is -0.184. The molecule has 188 valence electrons. The molecule has 2 saturated heterocycles. The minimum Gasteiger partial charge on any atom is -0.450 e. The first kappa shape index (κ1) is 23.7. The minimum absolute atomic E-state index is 0. The molecular weight excluding hydrogens is 440 g/mol. The van der Waals surface area contributed by atoms with Gasteiger partial charge in [-0.25, -0.2) is 9.59 Å². The zero-order valence-corrected chi connectivity index (χ0v) is 20.6. The lowest BCUT2D eigenvalue weighted by molar-refractivity contribution is 0.0477. The van der Waals surface area contributed by atoms with Gasteiger partial charge in [0.15, 0.2) is 0 Å². The summed E-state index contributed by atoms with van der Waals surface area (Å²) < 4.78 is 5.17. The lowest BCUT2D eigenvalue weighted by Crippen LogP contribution is -2.56. The summed E-state index contributed by atoms with van der Waals surface area (Å²) in [7, 11) is 0. The standard InChI is InChI=1S/C28H36N4O3.H2/c1-2-35-27(34)31-16-12-24(13-17-31)30-18-14-28(15-19-30)21-32(20-22-8-6-7-11-25(22)28)26(33)29-23-9-4-3-5-10-23;/h3-11,24H,2,12-21H2,1H3,(H,29,33);1H. The number of carbonyl (C=O) groups is 2. The molecule has 0 unspecified atom stereocenters. The Balaban J connectivity index is 0.00000304. The average Bonchev–Trinajstić information content (AvgIpc) is 2.90. The lowest BCUT2D eigenvalue weighted by Gasteiger charge is -2.50. The van der Waals surface area contributed by atoms with Gasteiger partial charge in [0.2, 0.25) is 0 Å². The van der Waals surface area contributed by atoms with Crippen LogP contribution >= 0.6 is 0 Å². The van der Waals surface area contributed by atoms with Crippen LogP contribution in [0.3, 0.4) is 0 Å². The van der Waals surface area contributed by atoms with E-state index < -0.39 is 0 Å². The number of amides is 3. The van der Waals surface area contributed by atoms with Gasteiger partial charge < -0.3 is 24.8 Å². The molecule has 3 aliphatic rings. The molecule has 2 fully saturated rings. The van der Waals surface area contributed by atoms with Gasteiger partial charge in [-0.1, -0.05) is 42.5 Å². The number of likely N-dealkylation sites (tertiary alicyclic amines) is 2. The van der Waals surface area contributed by atoms with Crippen molar-refractivity contribution in [3.05, 3.63) is 65.7 Å². The van der Waals surface area contributed by atoms with E-state index >= 15 is 0 Å². The van der Waals surface area contributed by atoms with Gasteiger partial charge >= 0.3 is 12.1 Å². The number of rotatable bonds is 3. The fraction of sp³-hybridized carbons (Fsp3) is 0.500. The van der Waals surface area contributed by atoms with Crippen molar-refractivity contribution in [2.75, 3.05) is 44.6 Å². The molecule has 0 aromatic heterocycles. The van der Waals surface area contributed by atoms with E-state index in [2.05, 4.69) is 34.5 Å². The van der Waals surface area contributed by atoms with Crippen molar-refractivity contribution >= 4 is 17.8 Å². The number of benzene rings is 2. The molecule has 7 heteroatoms. The number of fused-ring (bicyclic) bond motifs is 2. The first-order chi connectivity index (χ1) is 17.1. The van der Waals surface area contributed by atoms with Crippen molar-refractivity contribution in [3.8, 4) is 0 Å². The molecule has 7 nitrogen and oxygen atoms in total. The Morgan fingerprint density at radius 2 is 1.66 bits per heavy atom. The molecule has 2 aromatic rings. The predicted molar refractivity (Wildman–Crippen MR) is 139 cm³/mol. The molecule has 3 heterocycles. The molecule has 1 spiro atoms. The summed E-state index contributed by atoms with van der Waals surface area (Å²) in [6.07, 6.45) is 3.88. The van der Waals surface area contributed by atoms with Gasteiger partial charge in [-0.3, -0.25) is 0 Å². The first-order valence-electron chi connectivity index (χ1n) is 12.9. The summed E-state index contributed by atoms with van der Waals surface area (Å²) in [6.45, 7) is 7.24. The van der Waals surface area contributed by atoms with Crippen molar-refractivity contribution < 1.29 is 15.8 Å². The molecule has 3 amide bonds. The molecule has 35 heavy (non-hydrogen) atoms. The number of carbonyl (C=O) groups excluding carboxylic acids is 2. The number of hydrogen-bond acceptors (Lipinski definition) is 4. The predicted octanol–water partition coefficient (Wildman–Crippen LogP) is 4.93. The number of urea groups is 1. The Morgan fingerprint density at radius 1 is 0.971 bits per heavy atom. The van der Waals surface area contributed by atoms with E-state index in [9.17, 15) is 9.59 Å². The molecule has 0 saturated carbocycles. The number of nitrogens with one attached hydrogen (secondary N) is 1. The van der Waals surface area contributed by atoms with E-state index in [1.54, 1.807) is 0 Å². The maximum atomic E-state index is 13.2. The maximum Gasteiger partial charge on any atom is 0.409 e. The molecule has 2 aromatic carbocycles. The maximum absolute atomic E-state index is 13.2. The van der Waals surface area contributed by atoms with E-state index in [1.807, 2.05) is 47.1 Å².